The second-order valence-electron chi connectivity index (χ2n) is 8.92. The molecule has 1 fully saturated rings. The van der Waals surface area contributed by atoms with Crippen molar-refractivity contribution in [3.05, 3.63) is 77.9 Å². The number of para-hydroxylation sites is 1. The van der Waals surface area contributed by atoms with E-state index in [9.17, 15) is 0 Å². The number of guanidine groups is 1. The van der Waals surface area contributed by atoms with Crippen LogP contribution in [0.25, 0.3) is 0 Å². The number of nitrogens with one attached hydrogen (secondary N) is 2. The van der Waals surface area contributed by atoms with E-state index < -0.39 is 0 Å². The summed E-state index contributed by atoms with van der Waals surface area (Å²) >= 11 is 0. The van der Waals surface area contributed by atoms with Crippen LogP contribution in [-0.4, -0.2) is 47.4 Å². The minimum atomic E-state index is 0.221. The van der Waals surface area contributed by atoms with Crippen molar-refractivity contribution in [2.75, 3.05) is 31.6 Å². The third-order valence-corrected chi connectivity index (χ3v) is 6.55. The highest BCUT2D eigenvalue weighted by Crippen LogP contribution is 2.47. The van der Waals surface area contributed by atoms with Crippen LogP contribution < -0.4 is 15.5 Å². The molecular weight excluding hydrogens is 410 g/mol. The van der Waals surface area contributed by atoms with Crippen LogP contribution in [0.2, 0.25) is 0 Å². The van der Waals surface area contributed by atoms with E-state index in [4.69, 9.17) is 4.99 Å². The molecule has 0 amide bonds. The first-order chi connectivity index (χ1) is 16.1. The fourth-order valence-electron chi connectivity index (χ4n) is 4.01. The Morgan fingerprint density at radius 1 is 1.03 bits per heavy atom. The Morgan fingerprint density at radius 3 is 2.36 bits per heavy atom. The molecule has 2 N–H and O–H groups in total. The lowest BCUT2D eigenvalue weighted by atomic mass is 9.96. The van der Waals surface area contributed by atoms with E-state index in [0.717, 1.165) is 43.7 Å². The van der Waals surface area contributed by atoms with Crippen molar-refractivity contribution in [3.63, 3.8) is 0 Å². The molecule has 174 valence electrons. The SMILES string of the molecule is Cc1nnc(CN=C(NCCCN(C)c2ccccc2)NCC2(c3ccccc3)CC2)n1C. The summed E-state index contributed by atoms with van der Waals surface area (Å²) in [6.45, 7) is 5.15. The minimum absolute atomic E-state index is 0.221. The van der Waals surface area contributed by atoms with Gasteiger partial charge in [-0.05, 0) is 43.9 Å². The van der Waals surface area contributed by atoms with Crippen molar-refractivity contribution < 1.29 is 0 Å². The minimum Gasteiger partial charge on any atom is -0.375 e. The molecule has 2 aromatic carbocycles. The van der Waals surface area contributed by atoms with Gasteiger partial charge in [0.05, 0.1) is 0 Å². The van der Waals surface area contributed by atoms with Crippen LogP contribution in [0.3, 0.4) is 0 Å². The van der Waals surface area contributed by atoms with Crippen molar-refractivity contribution >= 4 is 11.6 Å². The smallest absolute Gasteiger partial charge is 0.191 e. The van der Waals surface area contributed by atoms with Gasteiger partial charge in [0.25, 0.3) is 0 Å². The normalized spacial score (nSPS) is 14.7. The molecule has 0 radical (unpaired) electrons. The zero-order chi connectivity index (χ0) is 23.1. The highest BCUT2D eigenvalue weighted by molar-refractivity contribution is 5.80. The summed E-state index contributed by atoms with van der Waals surface area (Å²) in [5.74, 6) is 2.59. The Morgan fingerprint density at radius 2 is 1.73 bits per heavy atom. The van der Waals surface area contributed by atoms with Gasteiger partial charge in [-0.2, -0.15) is 0 Å². The maximum absolute atomic E-state index is 4.82. The van der Waals surface area contributed by atoms with Gasteiger partial charge in [0, 0.05) is 44.8 Å². The number of anilines is 1. The van der Waals surface area contributed by atoms with Crippen LogP contribution in [0.5, 0.6) is 0 Å². The van der Waals surface area contributed by atoms with E-state index >= 15 is 0 Å². The number of hydrogen-bond donors (Lipinski definition) is 2. The molecule has 1 aliphatic rings. The molecule has 33 heavy (non-hydrogen) atoms. The van der Waals surface area contributed by atoms with Crippen molar-refractivity contribution in [2.45, 2.75) is 38.1 Å². The number of aromatic nitrogens is 3. The zero-order valence-electron chi connectivity index (χ0n) is 20.0. The number of aryl methyl sites for hydroxylation is 1. The molecule has 1 heterocycles. The first-order valence-corrected chi connectivity index (χ1v) is 11.8. The lowest BCUT2D eigenvalue weighted by Crippen LogP contribution is -2.42. The highest BCUT2D eigenvalue weighted by atomic mass is 15.3. The molecule has 0 aliphatic heterocycles. The van der Waals surface area contributed by atoms with Crippen LogP contribution in [0.1, 0.15) is 36.5 Å². The predicted molar refractivity (Wildman–Crippen MR) is 135 cm³/mol. The summed E-state index contributed by atoms with van der Waals surface area (Å²) in [6.07, 6.45) is 3.43. The van der Waals surface area contributed by atoms with Crippen LogP contribution in [0, 0.1) is 6.92 Å². The molecular formula is C26H35N7. The Bertz CT molecular complexity index is 1040. The van der Waals surface area contributed by atoms with Gasteiger partial charge in [-0.25, -0.2) is 4.99 Å². The van der Waals surface area contributed by atoms with Crippen LogP contribution in [-0.2, 0) is 19.0 Å². The van der Waals surface area contributed by atoms with Crippen molar-refractivity contribution in [3.8, 4) is 0 Å². The summed E-state index contributed by atoms with van der Waals surface area (Å²) in [6, 6.07) is 21.3. The van der Waals surface area contributed by atoms with Gasteiger partial charge in [-0.1, -0.05) is 48.5 Å². The number of benzene rings is 2. The van der Waals surface area contributed by atoms with Gasteiger partial charge >= 0.3 is 0 Å². The molecule has 0 spiro atoms. The van der Waals surface area contributed by atoms with E-state index in [-0.39, 0.29) is 5.41 Å². The Balaban J connectivity index is 1.35. The standard InChI is InChI=1S/C26H35N7/c1-21-30-31-24(33(21)3)19-28-25(27-17-10-18-32(2)23-13-8-5-9-14-23)29-20-26(15-16-26)22-11-6-4-7-12-22/h4-9,11-14H,10,15-20H2,1-3H3,(H2,27,28,29). The van der Waals surface area contributed by atoms with Crippen LogP contribution >= 0.6 is 0 Å². The number of aliphatic imine (C=N–C) groups is 1. The maximum Gasteiger partial charge on any atom is 0.191 e. The maximum atomic E-state index is 4.82. The summed E-state index contributed by atoms with van der Waals surface area (Å²) < 4.78 is 1.99. The van der Waals surface area contributed by atoms with E-state index in [0.29, 0.717) is 6.54 Å². The van der Waals surface area contributed by atoms with Gasteiger partial charge in [-0.15, -0.1) is 10.2 Å². The van der Waals surface area contributed by atoms with Crippen molar-refractivity contribution in [1.82, 2.24) is 25.4 Å². The molecule has 0 saturated heterocycles. The number of rotatable bonds is 10. The first kappa shape index (κ1) is 22.8. The third-order valence-electron chi connectivity index (χ3n) is 6.55. The largest absolute Gasteiger partial charge is 0.375 e. The van der Waals surface area contributed by atoms with E-state index in [1.807, 2.05) is 24.6 Å². The predicted octanol–water partition coefficient (Wildman–Crippen LogP) is 3.42. The molecule has 3 aromatic rings. The van der Waals surface area contributed by atoms with E-state index in [1.165, 1.54) is 24.1 Å². The van der Waals surface area contributed by atoms with Crippen molar-refractivity contribution in [2.24, 2.45) is 12.0 Å². The summed E-state index contributed by atoms with van der Waals surface area (Å²) in [7, 11) is 4.12. The topological polar surface area (TPSA) is 70.4 Å². The number of hydrogen-bond acceptors (Lipinski definition) is 4. The first-order valence-electron chi connectivity index (χ1n) is 11.8. The van der Waals surface area contributed by atoms with Crippen molar-refractivity contribution in [1.29, 1.82) is 0 Å². The van der Waals surface area contributed by atoms with Gasteiger partial charge in [-0.3, -0.25) is 0 Å². The molecule has 1 saturated carbocycles. The van der Waals surface area contributed by atoms with Crippen LogP contribution in [0.15, 0.2) is 65.7 Å². The molecule has 7 nitrogen and oxygen atoms in total. The summed E-state index contributed by atoms with van der Waals surface area (Å²) in [5.41, 5.74) is 2.87. The number of nitrogens with zero attached hydrogens (tertiary/aromatic N) is 5. The fraction of sp³-hybridized carbons (Fsp3) is 0.423. The van der Waals surface area contributed by atoms with E-state index in [2.05, 4.69) is 87.4 Å². The molecule has 0 bridgehead atoms. The Hall–Kier alpha value is -3.35. The second-order valence-corrected chi connectivity index (χ2v) is 8.92. The third kappa shape index (κ3) is 5.92. The summed E-state index contributed by atoms with van der Waals surface area (Å²) in [5, 5.41) is 15.5. The molecule has 7 heteroatoms. The van der Waals surface area contributed by atoms with E-state index in [1.54, 1.807) is 0 Å². The van der Waals surface area contributed by atoms with Gasteiger partial charge in [0.1, 0.15) is 12.4 Å². The fourth-order valence-corrected chi connectivity index (χ4v) is 4.01. The monoisotopic (exact) mass is 445 g/mol. The molecule has 0 unspecified atom stereocenters. The lowest BCUT2D eigenvalue weighted by Gasteiger charge is -2.21. The average molecular weight is 446 g/mol. The molecule has 1 aliphatic carbocycles. The molecule has 4 rings (SSSR count). The molecule has 1 aromatic heterocycles. The van der Waals surface area contributed by atoms with Gasteiger partial charge < -0.3 is 20.1 Å². The lowest BCUT2D eigenvalue weighted by molar-refractivity contribution is 0.638. The highest BCUT2D eigenvalue weighted by Gasteiger charge is 2.44. The molecule has 0 atom stereocenters. The van der Waals surface area contributed by atoms with Gasteiger partial charge in [0.15, 0.2) is 11.8 Å². The zero-order valence-corrected chi connectivity index (χ0v) is 20.0. The Labute approximate surface area is 197 Å². The summed E-state index contributed by atoms with van der Waals surface area (Å²) in [4.78, 5) is 7.11. The second kappa shape index (κ2) is 10.5. The Kier molecular flexibility index (Phi) is 7.27. The van der Waals surface area contributed by atoms with Gasteiger partial charge in [0.2, 0.25) is 0 Å². The quantitative estimate of drug-likeness (QED) is 0.284. The average Bonchev–Trinajstić information content (AvgIpc) is 3.59. The van der Waals surface area contributed by atoms with Crippen LogP contribution in [0.4, 0.5) is 5.69 Å².